The summed E-state index contributed by atoms with van der Waals surface area (Å²) >= 11 is 0. The lowest BCUT2D eigenvalue weighted by molar-refractivity contribution is -0.124. The molecule has 0 bridgehead atoms. The molecule has 2 amide bonds. The topological polar surface area (TPSA) is 93.5 Å². The van der Waals surface area contributed by atoms with Gasteiger partial charge in [-0.1, -0.05) is 26.0 Å². The second-order valence-electron chi connectivity index (χ2n) is 7.04. The zero-order valence-corrected chi connectivity index (χ0v) is 16.3. The maximum atomic E-state index is 12.3. The molecule has 1 aromatic rings. The summed E-state index contributed by atoms with van der Waals surface area (Å²) < 4.78 is 5.31. The van der Waals surface area contributed by atoms with Crippen molar-refractivity contribution < 1.29 is 14.3 Å². The van der Waals surface area contributed by atoms with Crippen LogP contribution in [0.4, 0.5) is 5.69 Å². The van der Waals surface area contributed by atoms with Crippen LogP contribution in [0.1, 0.15) is 38.7 Å². The molecule has 0 radical (unpaired) electrons. The average Bonchev–Trinajstić information content (AvgIpc) is 2.59. The number of amides is 2. The lowest BCUT2D eigenvalue weighted by Crippen LogP contribution is -2.46. The highest BCUT2D eigenvalue weighted by Crippen LogP contribution is 2.18. The van der Waals surface area contributed by atoms with Crippen molar-refractivity contribution in [2.75, 3.05) is 18.5 Å². The Labute approximate surface area is 161 Å². The Bertz CT molecular complexity index is 589. The van der Waals surface area contributed by atoms with Gasteiger partial charge >= 0.3 is 0 Å². The molecular formula is C19H30ClN3O3. The van der Waals surface area contributed by atoms with Gasteiger partial charge in [-0.05, 0) is 42.4 Å². The molecule has 1 fully saturated rings. The molecular weight excluding hydrogens is 354 g/mol. The molecule has 146 valence electrons. The van der Waals surface area contributed by atoms with Crippen molar-refractivity contribution in [2.24, 2.45) is 17.6 Å². The van der Waals surface area contributed by atoms with E-state index in [2.05, 4.69) is 10.6 Å². The summed E-state index contributed by atoms with van der Waals surface area (Å²) in [7, 11) is 0. The van der Waals surface area contributed by atoms with E-state index in [1.165, 1.54) is 0 Å². The molecule has 6 nitrogen and oxygen atoms in total. The molecule has 0 saturated carbocycles. The third kappa shape index (κ3) is 7.32. The van der Waals surface area contributed by atoms with E-state index < -0.39 is 6.04 Å². The normalized spacial score (nSPS) is 15.8. The smallest absolute Gasteiger partial charge is 0.237 e. The minimum Gasteiger partial charge on any atom is -0.381 e. The van der Waals surface area contributed by atoms with Crippen LogP contribution >= 0.6 is 12.4 Å². The van der Waals surface area contributed by atoms with Crippen LogP contribution in [0.15, 0.2) is 24.3 Å². The fourth-order valence-electron chi connectivity index (χ4n) is 2.94. The van der Waals surface area contributed by atoms with E-state index in [4.69, 9.17) is 10.5 Å². The molecule has 1 unspecified atom stereocenters. The van der Waals surface area contributed by atoms with E-state index in [-0.39, 0.29) is 30.1 Å². The van der Waals surface area contributed by atoms with Gasteiger partial charge in [-0.3, -0.25) is 9.59 Å². The van der Waals surface area contributed by atoms with Gasteiger partial charge in [-0.2, -0.15) is 0 Å². The fourth-order valence-corrected chi connectivity index (χ4v) is 2.94. The van der Waals surface area contributed by atoms with Crippen molar-refractivity contribution in [2.45, 2.75) is 45.7 Å². The number of halogens is 1. The van der Waals surface area contributed by atoms with Gasteiger partial charge in [0.25, 0.3) is 0 Å². The van der Waals surface area contributed by atoms with Crippen LogP contribution < -0.4 is 16.4 Å². The van der Waals surface area contributed by atoms with E-state index in [9.17, 15) is 9.59 Å². The summed E-state index contributed by atoms with van der Waals surface area (Å²) in [4.78, 5) is 24.1. The SMILES string of the molecule is CC(C)CC(=O)Nc1cccc(CNC(=O)C(N)C2CCOCC2)c1.Cl. The third-order valence-electron chi connectivity index (χ3n) is 4.35. The van der Waals surface area contributed by atoms with Gasteiger partial charge < -0.3 is 21.1 Å². The van der Waals surface area contributed by atoms with E-state index in [0.717, 1.165) is 24.1 Å². The molecule has 1 saturated heterocycles. The van der Waals surface area contributed by atoms with Gasteiger partial charge in [0, 0.05) is 31.9 Å². The molecule has 0 aromatic heterocycles. The first-order valence-electron chi connectivity index (χ1n) is 8.95. The summed E-state index contributed by atoms with van der Waals surface area (Å²) in [6.07, 6.45) is 2.14. The van der Waals surface area contributed by atoms with Crippen molar-refractivity contribution in [1.29, 1.82) is 0 Å². The van der Waals surface area contributed by atoms with Crippen molar-refractivity contribution in [3.8, 4) is 0 Å². The number of hydrogen-bond donors (Lipinski definition) is 3. The number of hydrogen-bond acceptors (Lipinski definition) is 4. The molecule has 1 heterocycles. The first-order valence-corrected chi connectivity index (χ1v) is 8.95. The highest BCUT2D eigenvalue weighted by Gasteiger charge is 2.26. The maximum absolute atomic E-state index is 12.3. The summed E-state index contributed by atoms with van der Waals surface area (Å²) in [5.74, 6) is 0.350. The zero-order chi connectivity index (χ0) is 18.2. The van der Waals surface area contributed by atoms with Crippen LogP contribution in [0.5, 0.6) is 0 Å². The maximum Gasteiger partial charge on any atom is 0.237 e. The first kappa shape index (κ1) is 22.4. The second kappa shape index (κ2) is 11.2. The molecule has 2 rings (SSSR count). The average molecular weight is 384 g/mol. The van der Waals surface area contributed by atoms with E-state index in [1.807, 2.05) is 38.1 Å². The van der Waals surface area contributed by atoms with Crippen molar-refractivity contribution in [3.63, 3.8) is 0 Å². The van der Waals surface area contributed by atoms with Crippen LogP contribution in [-0.4, -0.2) is 31.1 Å². The third-order valence-corrected chi connectivity index (χ3v) is 4.35. The first-order chi connectivity index (χ1) is 12.0. The van der Waals surface area contributed by atoms with E-state index in [0.29, 0.717) is 32.1 Å². The van der Waals surface area contributed by atoms with E-state index >= 15 is 0 Å². The predicted octanol–water partition coefficient (Wildman–Crippen LogP) is 2.46. The molecule has 1 aromatic carbocycles. The van der Waals surface area contributed by atoms with Gasteiger partial charge in [-0.15, -0.1) is 12.4 Å². The molecule has 1 aliphatic heterocycles. The predicted molar refractivity (Wildman–Crippen MR) is 105 cm³/mol. The number of benzene rings is 1. The molecule has 4 N–H and O–H groups in total. The highest BCUT2D eigenvalue weighted by molar-refractivity contribution is 5.90. The lowest BCUT2D eigenvalue weighted by atomic mass is 9.92. The Balaban J connectivity index is 0.00000338. The lowest BCUT2D eigenvalue weighted by Gasteiger charge is -2.26. The number of nitrogens with two attached hydrogens (primary N) is 1. The Morgan fingerprint density at radius 3 is 2.62 bits per heavy atom. The van der Waals surface area contributed by atoms with Gasteiger partial charge in [0.2, 0.25) is 11.8 Å². The molecule has 0 aliphatic carbocycles. The van der Waals surface area contributed by atoms with Crippen LogP contribution in [0.3, 0.4) is 0 Å². The van der Waals surface area contributed by atoms with Gasteiger partial charge in [0.1, 0.15) is 0 Å². The molecule has 1 atom stereocenters. The number of ether oxygens (including phenoxy) is 1. The van der Waals surface area contributed by atoms with Gasteiger partial charge in [0.15, 0.2) is 0 Å². The van der Waals surface area contributed by atoms with Gasteiger partial charge in [0.05, 0.1) is 6.04 Å². The quantitative estimate of drug-likeness (QED) is 0.674. The number of nitrogens with one attached hydrogen (secondary N) is 2. The Morgan fingerprint density at radius 2 is 1.96 bits per heavy atom. The zero-order valence-electron chi connectivity index (χ0n) is 15.5. The van der Waals surface area contributed by atoms with E-state index in [1.54, 1.807) is 0 Å². The highest BCUT2D eigenvalue weighted by atomic mass is 35.5. The van der Waals surface area contributed by atoms with Crippen LogP contribution in [-0.2, 0) is 20.9 Å². The monoisotopic (exact) mass is 383 g/mol. The summed E-state index contributed by atoms with van der Waals surface area (Å²) in [5.41, 5.74) is 7.74. The Hall–Kier alpha value is -1.63. The Morgan fingerprint density at radius 1 is 1.27 bits per heavy atom. The number of carbonyl (C=O) groups is 2. The summed E-state index contributed by atoms with van der Waals surface area (Å²) in [6.45, 7) is 5.75. The minimum atomic E-state index is -0.502. The van der Waals surface area contributed by atoms with Crippen LogP contribution in [0.25, 0.3) is 0 Å². The van der Waals surface area contributed by atoms with Crippen molar-refractivity contribution in [3.05, 3.63) is 29.8 Å². The summed E-state index contributed by atoms with van der Waals surface area (Å²) in [6, 6.07) is 7.00. The van der Waals surface area contributed by atoms with Crippen molar-refractivity contribution in [1.82, 2.24) is 5.32 Å². The number of rotatable bonds is 7. The molecule has 7 heteroatoms. The van der Waals surface area contributed by atoms with Crippen LogP contribution in [0.2, 0.25) is 0 Å². The fraction of sp³-hybridized carbons (Fsp3) is 0.579. The molecule has 0 spiro atoms. The largest absolute Gasteiger partial charge is 0.381 e. The second-order valence-corrected chi connectivity index (χ2v) is 7.04. The molecule has 1 aliphatic rings. The summed E-state index contributed by atoms with van der Waals surface area (Å²) in [5, 5.41) is 5.78. The number of carbonyl (C=O) groups excluding carboxylic acids is 2. The molecule has 26 heavy (non-hydrogen) atoms. The Kier molecular flexibility index (Phi) is 9.62. The van der Waals surface area contributed by atoms with Crippen molar-refractivity contribution >= 4 is 29.9 Å². The van der Waals surface area contributed by atoms with Gasteiger partial charge in [-0.25, -0.2) is 0 Å². The number of anilines is 1. The standard InChI is InChI=1S/C19H29N3O3.ClH/c1-13(2)10-17(23)22-16-5-3-4-14(11-16)12-21-19(24)18(20)15-6-8-25-9-7-15;/h3-5,11,13,15,18H,6-10,12,20H2,1-2H3,(H,21,24)(H,22,23);1H. The van der Waals surface area contributed by atoms with Crippen LogP contribution in [0, 0.1) is 11.8 Å². The minimum absolute atomic E-state index is 0.